The number of nitrogens with one attached hydrogen (secondary N) is 1. The molecule has 0 aliphatic carbocycles. The van der Waals surface area contributed by atoms with Crippen molar-refractivity contribution < 1.29 is 0 Å². The van der Waals surface area contributed by atoms with Gasteiger partial charge in [-0.1, -0.05) is 27.7 Å². The molecular formula is C13H20N2. The molecule has 2 rings (SSSR count). The Morgan fingerprint density at radius 3 is 2.47 bits per heavy atom. The van der Waals surface area contributed by atoms with Crippen molar-refractivity contribution in [2.75, 3.05) is 0 Å². The Balaban J connectivity index is 2.52. The van der Waals surface area contributed by atoms with Crippen LogP contribution in [0.3, 0.4) is 0 Å². The monoisotopic (exact) mass is 204 g/mol. The summed E-state index contributed by atoms with van der Waals surface area (Å²) in [7, 11) is 0. The molecule has 2 nitrogen and oxygen atoms in total. The van der Waals surface area contributed by atoms with E-state index < -0.39 is 0 Å². The van der Waals surface area contributed by atoms with E-state index in [2.05, 4.69) is 39.1 Å². The van der Waals surface area contributed by atoms with Gasteiger partial charge < -0.3 is 5.32 Å². The molecule has 1 aromatic rings. The Labute approximate surface area is 92.1 Å². The van der Waals surface area contributed by atoms with Gasteiger partial charge in [-0.2, -0.15) is 0 Å². The van der Waals surface area contributed by atoms with Gasteiger partial charge in [0, 0.05) is 18.8 Å². The number of pyridine rings is 1. The van der Waals surface area contributed by atoms with Crippen molar-refractivity contribution in [3.05, 3.63) is 28.6 Å². The number of rotatable bonds is 2. The zero-order valence-corrected chi connectivity index (χ0v) is 10.1. The van der Waals surface area contributed by atoms with Gasteiger partial charge in [0.05, 0.1) is 5.69 Å². The van der Waals surface area contributed by atoms with Crippen LogP contribution in [0.25, 0.3) is 0 Å². The van der Waals surface area contributed by atoms with E-state index in [0.717, 1.165) is 13.1 Å². The SMILES string of the molecule is CC(C)c1cc(C(C)C)c2c(n1)CNC2. The minimum Gasteiger partial charge on any atom is -0.307 e. The van der Waals surface area contributed by atoms with Crippen molar-refractivity contribution in [1.82, 2.24) is 10.3 Å². The number of hydrogen-bond acceptors (Lipinski definition) is 2. The van der Waals surface area contributed by atoms with Gasteiger partial charge in [0.25, 0.3) is 0 Å². The Morgan fingerprint density at radius 1 is 1.13 bits per heavy atom. The van der Waals surface area contributed by atoms with Crippen LogP contribution in [0, 0.1) is 0 Å². The lowest BCUT2D eigenvalue weighted by molar-refractivity contribution is 0.748. The van der Waals surface area contributed by atoms with Crippen molar-refractivity contribution in [2.45, 2.75) is 52.6 Å². The van der Waals surface area contributed by atoms with Gasteiger partial charge in [0.15, 0.2) is 0 Å². The van der Waals surface area contributed by atoms with E-state index in [1.165, 1.54) is 22.5 Å². The Hall–Kier alpha value is -0.890. The Bertz CT molecular complexity index is 367. The molecule has 1 aromatic heterocycles. The lowest BCUT2D eigenvalue weighted by Crippen LogP contribution is -2.03. The highest BCUT2D eigenvalue weighted by Gasteiger charge is 2.19. The highest BCUT2D eigenvalue weighted by molar-refractivity contribution is 5.38. The van der Waals surface area contributed by atoms with Crippen molar-refractivity contribution in [3.8, 4) is 0 Å². The summed E-state index contributed by atoms with van der Waals surface area (Å²) >= 11 is 0. The van der Waals surface area contributed by atoms with Gasteiger partial charge in [0.1, 0.15) is 0 Å². The molecule has 1 aliphatic heterocycles. The molecule has 82 valence electrons. The van der Waals surface area contributed by atoms with Crippen LogP contribution in [0.2, 0.25) is 0 Å². The average Bonchev–Trinajstić information content (AvgIpc) is 2.62. The smallest absolute Gasteiger partial charge is 0.0592 e. The maximum Gasteiger partial charge on any atom is 0.0592 e. The fourth-order valence-corrected chi connectivity index (χ4v) is 2.14. The predicted molar refractivity (Wildman–Crippen MR) is 63.0 cm³/mol. The summed E-state index contributed by atoms with van der Waals surface area (Å²) in [5, 5.41) is 3.39. The lowest BCUT2D eigenvalue weighted by atomic mass is 9.94. The third-order valence-electron chi connectivity index (χ3n) is 3.07. The number of hydrogen-bond donors (Lipinski definition) is 1. The summed E-state index contributed by atoms with van der Waals surface area (Å²) in [5.41, 5.74) is 5.43. The largest absolute Gasteiger partial charge is 0.307 e. The van der Waals surface area contributed by atoms with E-state index in [0.29, 0.717) is 11.8 Å². The third-order valence-corrected chi connectivity index (χ3v) is 3.07. The van der Waals surface area contributed by atoms with Gasteiger partial charge in [0.2, 0.25) is 0 Å². The first-order chi connectivity index (χ1) is 7.09. The predicted octanol–water partition coefficient (Wildman–Crippen LogP) is 2.93. The summed E-state index contributed by atoms with van der Waals surface area (Å²) in [6, 6.07) is 2.29. The van der Waals surface area contributed by atoms with Crippen LogP contribution in [0.15, 0.2) is 6.07 Å². The van der Waals surface area contributed by atoms with E-state index >= 15 is 0 Å². The van der Waals surface area contributed by atoms with Crippen LogP contribution in [0.4, 0.5) is 0 Å². The van der Waals surface area contributed by atoms with Gasteiger partial charge in [-0.25, -0.2) is 0 Å². The summed E-state index contributed by atoms with van der Waals surface area (Å²) < 4.78 is 0. The molecule has 0 spiro atoms. The van der Waals surface area contributed by atoms with Crippen molar-refractivity contribution in [2.24, 2.45) is 0 Å². The van der Waals surface area contributed by atoms with E-state index in [1.54, 1.807) is 0 Å². The Morgan fingerprint density at radius 2 is 1.87 bits per heavy atom. The van der Waals surface area contributed by atoms with Crippen LogP contribution in [0.5, 0.6) is 0 Å². The van der Waals surface area contributed by atoms with Gasteiger partial charge in [-0.3, -0.25) is 4.98 Å². The van der Waals surface area contributed by atoms with Gasteiger partial charge in [-0.15, -0.1) is 0 Å². The average molecular weight is 204 g/mol. The van der Waals surface area contributed by atoms with Crippen molar-refractivity contribution in [3.63, 3.8) is 0 Å². The molecule has 0 unspecified atom stereocenters. The number of aromatic nitrogens is 1. The van der Waals surface area contributed by atoms with Crippen LogP contribution in [0.1, 0.15) is 62.0 Å². The molecule has 1 N–H and O–H groups in total. The summed E-state index contributed by atoms with van der Waals surface area (Å²) in [5.74, 6) is 1.12. The topological polar surface area (TPSA) is 24.9 Å². The summed E-state index contributed by atoms with van der Waals surface area (Å²) in [4.78, 5) is 4.73. The first kappa shape index (κ1) is 10.6. The first-order valence-corrected chi connectivity index (χ1v) is 5.83. The molecule has 0 bridgehead atoms. The van der Waals surface area contributed by atoms with Gasteiger partial charge in [-0.05, 0) is 29.0 Å². The first-order valence-electron chi connectivity index (χ1n) is 5.83. The Kier molecular flexibility index (Phi) is 2.79. The van der Waals surface area contributed by atoms with Crippen molar-refractivity contribution >= 4 is 0 Å². The molecule has 0 saturated heterocycles. The van der Waals surface area contributed by atoms with Crippen molar-refractivity contribution in [1.29, 1.82) is 0 Å². The quantitative estimate of drug-likeness (QED) is 0.801. The van der Waals surface area contributed by atoms with Crippen LogP contribution >= 0.6 is 0 Å². The van der Waals surface area contributed by atoms with Crippen LogP contribution < -0.4 is 5.32 Å². The molecule has 2 heteroatoms. The minimum absolute atomic E-state index is 0.522. The third kappa shape index (κ3) is 1.91. The second-order valence-electron chi connectivity index (χ2n) is 4.97. The lowest BCUT2D eigenvalue weighted by Gasteiger charge is -2.15. The zero-order valence-electron chi connectivity index (χ0n) is 10.1. The summed E-state index contributed by atoms with van der Waals surface area (Å²) in [6.07, 6.45) is 0. The summed E-state index contributed by atoms with van der Waals surface area (Å²) in [6.45, 7) is 10.9. The maximum atomic E-state index is 4.73. The molecule has 0 amide bonds. The number of fused-ring (bicyclic) bond motifs is 1. The van der Waals surface area contributed by atoms with Gasteiger partial charge >= 0.3 is 0 Å². The standard InChI is InChI=1S/C13H20N2/c1-8(2)10-5-12(9(3)4)15-13-7-14-6-11(10)13/h5,8-9,14H,6-7H2,1-4H3. The fourth-order valence-electron chi connectivity index (χ4n) is 2.14. The second-order valence-corrected chi connectivity index (χ2v) is 4.97. The molecule has 0 atom stereocenters. The molecule has 0 aromatic carbocycles. The second kappa shape index (κ2) is 3.93. The van der Waals surface area contributed by atoms with E-state index in [9.17, 15) is 0 Å². The maximum absolute atomic E-state index is 4.73. The molecular weight excluding hydrogens is 184 g/mol. The van der Waals surface area contributed by atoms with E-state index in [1.807, 2.05) is 0 Å². The molecule has 0 radical (unpaired) electrons. The van der Waals surface area contributed by atoms with E-state index in [4.69, 9.17) is 4.98 Å². The molecule has 1 aliphatic rings. The molecule has 0 fully saturated rings. The number of nitrogens with zero attached hydrogens (tertiary/aromatic N) is 1. The minimum atomic E-state index is 0.522. The normalized spacial score (nSPS) is 15.1. The fraction of sp³-hybridized carbons (Fsp3) is 0.615. The van der Waals surface area contributed by atoms with Crippen LogP contribution in [-0.4, -0.2) is 4.98 Å². The highest BCUT2D eigenvalue weighted by Crippen LogP contribution is 2.28. The highest BCUT2D eigenvalue weighted by atomic mass is 14.9. The van der Waals surface area contributed by atoms with Crippen LogP contribution in [-0.2, 0) is 13.1 Å². The molecule has 0 saturated carbocycles. The van der Waals surface area contributed by atoms with E-state index in [-0.39, 0.29) is 0 Å². The zero-order chi connectivity index (χ0) is 11.0. The molecule has 15 heavy (non-hydrogen) atoms. The molecule has 2 heterocycles.